The maximum absolute atomic E-state index is 4.50. The molecule has 0 bridgehead atoms. The molecule has 22 heavy (non-hydrogen) atoms. The van der Waals surface area contributed by atoms with Crippen molar-refractivity contribution in [2.75, 3.05) is 5.43 Å². The topological polar surface area (TPSA) is 37.3 Å². The summed E-state index contributed by atoms with van der Waals surface area (Å²) in [6.07, 6.45) is 8.89. The second kappa shape index (κ2) is 6.02. The van der Waals surface area contributed by atoms with Crippen molar-refractivity contribution < 1.29 is 0 Å². The number of allylic oxidation sites excluding steroid dienone is 2. The SMILES string of the molecule is C1=CC(c2ccc(/C=N/Nc3nc4ccccc4s3)s2)CC1. The number of anilines is 1. The number of benzene rings is 1. The van der Waals surface area contributed by atoms with Crippen LogP contribution in [0.5, 0.6) is 0 Å². The van der Waals surface area contributed by atoms with Crippen molar-refractivity contribution in [1.29, 1.82) is 0 Å². The van der Waals surface area contributed by atoms with E-state index >= 15 is 0 Å². The second-order valence-electron chi connectivity index (χ2n) is 5.21. The van der Waals surface area contributed by atoms with Crippen molar-refractivity contribution in [3.05, 3.63) is 58.3 Å². The molecule has 0 radical (unpaired) electrons. The van der Waals surface area contributed by atoms with Gasteiger partial charge in [-0.2, -0.15) is 5.10 Å². The van der Waals surface area contributed by atoms with Gasteiger partial charge in [0.15, 0.2) is 0 Å². The summed E-state index contributed by atoms with van der Waals surface area (Å²) in [5.41, 5.74) is 4.04. The standard InChI is InChI=1S/C17H15N3S2/c1-2-6-12(5-1)15-10-9-13(21-15)11-18-20-17-19-14-7-3-4-8-16(14)22-17/h1,3-5,7-12H,2,6H2,(H,19,20)/b18-11+. The number of nitrogens with one attached hydrogen (secondary N) is 1. The first kappa shape index (κ1) is 13.7. The minimum absolute atomic E-state index is 0.601. The molecule has 2 aromatic heterocycles. The molecule has 1 N–H and O–H groups in total. The van der Waals surface area contributed by atoms with Gasteiger partial charge < -0.3 is 0 Å². The van der Waals surface area contributed by atoms with Crippen LogP contribution in [0.15, 0.2) is 53.7 Å². The lowest BCUT2D eigenvalue weighted by Gasteiger charge is -2.01. The predicted molar refractivity (Wildman–Crippen MR) is 96.3 cm³/mol. The lowest BCUT2D eigenvalue weighted by atomic mass is 10.1. The number of rotatable bonds is 4. The summed E-state index contributed by atoms with van der Waals surface area (Å²) in [5, 5.41) is 5.14. The van der Waals surface area contributed by atoms with Gasteiger partial charge in [0.05, 0.1) is 16.4 Å². The van der Waals surface area contributed by atoms with Crippen LogP contribution < -0.4 is 5.43 Å². The number of hydrogen-bond donors (Lipinski definition) is 1. The van der Waals surface area contributed by atoms with E-state index < -0.39 is 0 Å². The zero-order valence-electron chi connectivity index (χ0n) is 11.9. The van der Waals surface area contributed by atoms with Gasteiger partial charge in [-0.3, -0.25) is 5.43 Å². The Kier molecular flexibility index (Phi) is 3.74. The average Bonchev–Trinajstić information content (AvgIpc) is 3.27. The molecule has 0 saturated heterocycles. The number of hydrazone groups is 1. The van der Waals surface area contributed by atoms with E-state index in [4.69, 9.17) is 0 Å². The van der Waals surface area contributed by atoms with E-state index in [1.165, 1.54) is 27.3 Å². The van der Waals surface area contributed by atoms with Crippen molar-refractivity contribution in [3.63, 3.8) is 0 Å². The molecule has 0 aliphatic heterocycles. The van der Waals surface area contributed by atoms with Gasteiger partial charge in [-0.1, -0.05) is 35.6 Å². The Labute approximate surface area is 137 Å². The quantitative estimate of drug-likeness (QED) is 0.405. The molecule has 0 fully saturated rings. The smallest absolute Gasteiger partial charge is 0.204 e. The van der Waals surface area contributed by atoms with Crippen LogP contribution in [0.1, 0.15) is 28.5 Å². The van der Waals surface area contributed by atoms with Gasteiger partial charge in [0.1, 0.15) is 0 Å². The Morgan fingerprint density at radius 2 is 2.14 bits per heavy atom. The van der Waals surface area contributed by atoms with Gasteiger partial charge in [-0.25, -0.2) is 4.98 Å². The number of fused-ring (bicyclic) bond motifs is 1. The van der Waals surface area contributed by atoms with E-state index in [0.717, 1.165) is 10.6 Å². The van der Waals surface area contributed by atoms with Gasteiger partial charge in [-0.05, 0) is 37.1 Å². The van der Waals surface area contributed by atoms with E-state index in [1.807, 2.05) is 35.8 Å². The summed E-state index contributed by atoms with van der Waals surface area (Å²) in [4.78, 5) is 7.10. The van der Waals surface area contributed by atoms with Crippen LogP contribution >= 0.6 is 22.7 Å². The first-order valence-electron chi connectivity index (χ1n) is 7.29. The molecule has 3 nitrogen and oxygen atoms in total. The van der Waals surface area contributed by atoms with Gasteiger partial charge in [0.25, 0.3) is 0 Å². The number of nitrogens with zero attached hydrogens (tertiary/aromatic N) is 2. The molecular formula is C17H15N3S2. The Balaban J connectivity index is 1.44. The second-order valence-corrected chi connectivity index (χ2v) is 7.39. The maximum Gasteiger partial charge on any atom is 0.204 e. The lowest BCUT2D eigenvalue weighted by molar-refractivity contribution is 0.815. The van der Waals surface area contributed by atoms with Crippen LogP contribution in [-0.4, -0.2) is 11.2 Å². The Morgan fingerprint density at radius 3 is 3.00 bits per heavy atom. The monoisotopic (exact) mass is 325 g/mol. The summed E-state index contributed by atoms with van der Waals surface area (Å²) in [6.45, 7) is 0. The highest BCUT2D eigenvalue weighted by Gasteiger charge is 2.13. The molecule has 0 saturated carbocycles. The van der Waals surface area contributed by atoms with Crippen LogP contribution in [-0.2, 0) is 0 Å². The summed E-state index contributed by atoms with van der Waals surface area (Å²) in [7, 11) is 0. The average molecular weight is 325 g/mol. The molecule has 1 aliphatic rings. The first-order chi connectivity index (χ1) is 10.9. The normalized spacial score (nSPS) is 17.7. The maximum atomic E-state index is 4.50. The number of para-hydroxylation sites is 1. The van der Waals surface area contributed by atoms with Crippen molar-refractivity contribution in [1.82, 2.24) is 4.98 Å². The molecule has 110 valence electrons. The predicted octanol–water partition coefficient (Wildman–Crippen LogP) is 5.24. The third-order valence-corrected chi connectivity index (χ3v) is 5.76. The van der Waals surface area contributed by atoms with Crippen molar-refractivity contribution in [2.24, 2.45) is 5.10 Å². The molecule has 1 aromatic carbocycles. The van der Waals surface area contributed by atoms with Gasteiger partial charge >= 0.3 is 0 Å². The van der Waals surface area contributed by atoms with Crippen molar-refractivity contribution in [3.8, 4) is 0 Å². The van der Waals surface area contributed by atoms with E-state index in [-0.39, 0.29) is 0 Å². The Morgan fingerprint density at radius 1 is 1.18 bits per heavy atom. The van der Waals surface area contributed by atoms with E-state index in [1.54, 1.807) is 11.3 Å². The molecule has 0 amide bonds. The molecule has 0 spiro atoms. The molecule has 3 aromatic rings. The largest absolute Gasteiger partial charge is 0.253 e. The molecule has 2 heterocycles. The summed E-state index contributed by atoms with van der Waals surface area (Å²) >= 11 is 3.43. The van der Waals surface area contributed by atoms with Crippen molar-refractivity contribution >= 4 is 44.2 Å². The fraction of sp³-hybridized carbons (Fsp3) is 0.176. The summed E-state index contributed by atoms with van der Waals surface area (Å²) in [5.74, 6) is 0.601. The van der Waals surface area contributed by atoms with Crippen LogP contribution in [0, 0.1) is 0 Å². The van der Waals surface area contributed by atoms with E-state index in [9.17, 15) is 0 Å². The summed E-state index contributed by atoms with van der Waals surface area (Å²) in [6, 6.07) is 12.5. The number of aromatic nitrogens is 1. The molecule has 1 atom stereocenters. The molecule has 5 heteroatoms. The van der Waals surface area contributed by atoms with Crippen LogP contribution in [0.4, 0.5) is 5.13 Å². The third-order valence-electron chi connectivity index (χ3n) is 3.67. The van der Waals surface area contributed by atoms with Gasteiger partial charge in [0, 0.05) is 15.7 Å². The highest BCUT2D eigenvalue weighted by Crippen LogP contribution is 2.32. The fourth-order valence-corrected chi connectivity index (χ4v) is 4.39. The lowest BCUT2D eigenvalue weighted by Crippen LogP contribution is -1.87. The van der Waals surface area contributed by atoms with E-state index in [2.05, 4.69) is 45.9 Å². The minimum atomic E-state index is 0.601. The molecule has 4 rings (SSSR count). The number of thiazole rings is 1. The Hall–Kier alpha value is -1.98. The van der Waals surface area contributed by atoms with Crippen LogP contribution in [0.2, 0.25) is 0 Å². The number of hydrogen-bond acceptors (Lipinski definition) is 5. The zero-order valence-corrected chi connectivity index (χ0v) is 13.5. The fourth-order valence-electron chi connectivity index (χ4n) is 2.58. The van der Waals surface area contributed by atoms with Gasteiger partial charge in [0.2, 0.25) is 5.13 Å². The summed E-state index contributed by atoms with van der Waals surface area (Å²) < 4.78 is 1.17. The Bertz CT molecular complexity index is 811. The third kappa shape index (κ3) is 2.82. The molecular weight excluding hydrogens is 310 g/mol. The van der Waals surface area contributed by atoms with Gasteiger partial charge in [-0.15, -0.1) is 11.3 Å². The highest BCUT2D eigenvalue weighted by atomic mass is 32.1. The molecule has 1 aliphatic carbocycles. The van der Waals surface area contributed by atoms with E-state index in [0.29, 0.717) is 5.92 Å². The minimum Gasteiger partial charge on any atom is -0.253 e. The molecule has 1 unspecified atom stereocenters. The van der Waals surface area contributed by atoms with Crippen molar-refractivity contribution in [2.45, 2.75) is 18.8 Å². The highest BCUT2D eigenvalue weighted by molar-refractivity contribution is 7.22. The zero-order chi connectivity index (χ0) is 14.8. The first-order valence-corrected chi connectivity index (χ1v) is 8.93. The number of thiophene rings is 1. The van der Waals surface area contributed by atoms with Crippen LogP contribution in [0.25, 0.3) is 10.2 Å². The van der Waals surface area contributed by atoms with Crippen LogP contribution in [0.3, 0.4) is 0 Å².